The fourth-order valence-corrected chi connectivity index (χ4v) is 2.46. The van der Waals surface area contributed by atoms with Crippen LogP contribution in [0.15, 0.2) is 10.9 Å². The van der Waals surface area contributed by atoms with E-state index in [9.17, 15) is 14.4 Å². The number of carbonyl (C=O) groups is 2. The highest BCUT2D eigenvalue weighted by atomic mass is 16.4. The number of hydrogen-bond acceptors (Lipinski definition) is 4. The zero-order valence-electron chi connectivity index (χ0n) is 12.2. The number of hydrogen-bond donors (Lipinski definition) is 1. The third kappa shape index (κ3) is 3.48. The summed E-state index contributed by atoms with van der Waals surface area (Å²) < 4.78 is 1.28. The Morgan fingerprint density at radius 2 is 2.10 bits per heavy atom. The lowest BCUT2D eigenvalue weighted by atomic mass is 9.91. The Morgan fingerprint density at radius 1 is 1.43 bits per heavy atom. The van der Waals surface area contributed by atoms with E-state index < -0.39 is 11.7 Å². The van der Waals surface area contributed by atoms with Crippen LogP contribution in [0.2, 0.25) is 0 Å². The van der Waals surface area contributed by atoms with Crippen LogP contribution >= 0.6 is 0 Å². The van der Waals surface area contributed by atoms with Crippen molar-refractivity contribution in [3.8, 4) is 0 Å². The van der Waals surface area contributed by atoms with Gasteiger partial charge in [-0.25, -0.2) is 4.79 Å². The van der Waals surface area contributed by atoms with Gasteiger partial charge < -0.3 is 10.0 Å². The molecule has 0 aliphatic heterocycles. The summed E-state index contributed by atoms with van der Waals surface area (Å²) in [4.78, 5) is 40.3. The summed E-state index contributed by atoms with van der Waals surface area (Å²) in [6.07, 6.45) is 2.64. The van der Waals surface area contributed by atoms with Gasteiger partial charge in [0.05, 0.1) is 0 Å². The summed E-state index contributed by atoms with van der Waals surface area (Å²) in [6, 6.07) is 1.70. The molecule has 1 aliphatic rings. The van der Waals surface area contributed by atoms with E-state index in [4.69, 9.17) is 5.11 Å². The fraction of sp³-hybridized carbons (Fsp3) is 0.571. The first kappa shape index (κ1) is 15.2. The molecular weight excluding hydrogens is 274 g/mol. The third-order valence-electron chi connectivity index (χ3n) is 3.78. The second kappa shape index (κ2) is 6.07. The average molecular weight is 293 g/mol. The van der Waals surface area contributed by atoms with Crippen LogP contribution < -0.4 is 5.69 Å². The highest BCUT2D eigenvalue weighted by Crippen LogP contribution is 2.24. The first-order chi connectivity index (χ1) is 9.88. The molecule has 0 saturated heterocycles. The largest absolute Gasteiger partial charge is 0.480 e. The molecule has 0 unspecified atom stereocenters. The van der Waals surface area contributed by atoms with E-state index >= 15 is 0 Å². The highest BCUT2D eigenvalue weighted by molar-refractivity contribution is 5.81. The van der Waals surface area contributed by atoms with Crippen molar-refractivity contribution >= 4 is 11.9 Å². The second-order valence-corrected chi connectivity index (χ2v) is 5.41. The Hall–Kier alpha value is -2.18. The van der Waals surface area contributed by atoms with Crippen molar-refractivity contribution in [3.63, 3.8) is 0 Å². The summed E-state index contributed by atoms with van der Waals surface area (Å²) in [6.45, 7) is 2.96. The van der Waals surface area contributed by atoms with Gasteiger partial charge in [0.1, 0.15) is 13.1 Å². The fourth-order valence-electron chi connectivity index (χ4n) is 2.46. The van der Waals surface area contributed by atoms with Crippen molar-refractivity contribution in [1.82, 2.24) is 14.5 Å². The molecule has 1 fully saturated rings. The maximum atomic E-state index is 12.3. The van der Waals surface area contributed by atoms with Gasteiger partial charge in [-0.1, -0.05) is 0 Å². The molecule has 0 atom stereocenters. The monoisotopic (exact) mass is 293 g/mol. The summed E-state index contributed by atoms with van der Waals surface area (Å²) >= 11 is 0. The van der Waals surface area contributed by atoms with Gasteiger partial charge in [0, 0.05) is 17.4 Å². The van der Waals surface area contributed by atoms with Gasteiger partial charge >= 0.3 is 11.7 Å². The van der Waals surface area contributed by atoms with E-state index in [0.29, 0.717) is 11.4 Å². The maximum absolute atomic E-state index is 12.3. The van der Waals surface area contributed by atoms with Gasteiger partial charge in [0.2, 0.25) is 5.91 Å². The van der Waals surface area contributed by atoms with Crippen LogP contribution in [0.3, 0.4) is 0 Å². The van der Waals surface area contributed by atoms with Crippen molar-refractivity contribution in [2.75, 3.05) is 6.54 Å². The molecule has 1 aromatic heterocycles. The van der Waals surface area contributed by atoms with Crippen LogP contribution in [-0.2, 0) is 16.1 Å². The lowest BCUT2D eigenvalue weighted by molar-refractivity contribution is -0.148. The van der Waals surface area contributed by atoms with Crippen molar-refractivity contribution in [2.24, 2.45) is 0 Å². The molecule has 21 heavy (non-hydrogen) atoms. The topological polar surface area (TPSA) is 92.5 Å². The molecule has 114 valence electrons. The number of aryl methyl sites for hydroxylation is 2. The van der Waals surface area contributed by atoms with E-state index in [1.54, 1.807) is 19.9 Å². The number of carbonyl (C=O) groups excluding carboxylic acids is 1. The Kier molecular flexibility index (Phi) is 4.40. The minimum absolute atomic E-state index is 0.0250. The third-order valence-corrected chi connectivity index (χ3v) is 3.78. The second-order valence-electron chi connectivity index (χ2n) is 5.41. The molecule has 1 N–H and O–H groups in total. The van der Waals surface area contributed by atoms with Crippen LogP contribution in [0.1, 0.15) is 30.7 Å². The minimum atomic E-state index is -1.04. The van der Waals surface area contributed by atoms with Gasteiger partial charge in [-0.05, 0) is 39.2 Å². The number of aliphatic carboxylic acids is 1. The molecule has 0 radical (unpaired) electrons. The van der Waals surface area contributed by atoms with Crippen molar-refractivity contribution in [3.05, 3.63) is 27.9 Å². The predicted octanol–water partition coefficient (Wildman–Crippen LogP) is 0.326. The molecule has 0 spiro atoms. The first-order valence-corrected chi connectivity index (χ1v) is 6.95. The van der Waals surface area contributed by atoms with Crippen molar-refractivity contribution < 1.29 is 14.7 Å². The molecule has 1 heterocycles. The number of carboxylic acid groups (broad SMARTS) is 1. The summed E-state index contributed by atoms with van der Waals surface area (Å²) in [7, 11) is 0. The van der Waals surface area contributed by atoms with E-state index in [1.807, 2.05) is 0 Å². The molecule has 1 amide bonds. The molecule has 1 saturated carbocycles. The van der Waals surface area contributed by atoms with Crippen LogP contribution in [0.5, 0.6) is 0 Å². The molecule has 0 aromatic carbocycles. The summed E-state index contributed by atoms with van der Waals surface area (Å²) in [5.74, 6) is -1.39. The molecule has 2 rings (SSSR count). The minimum Gasteiger partial charge on any atom is -0.480 e. The number of rotatable bonds is 5. The summed E-state index contributed by atoms with van der Waals surface area (Å²) in [5.41, 5.74) is 0.761. The summed E-state index contributed by atoms with van der Waals surface area (Å²) in [5, 5.41) is 8.94. The standard InChI is InChI=1S/C14H19N3O4/c1-9-6-10(2)16(14(21)15-9)7-12(18)17(8-13(19)20)11-4-3-5-11/h6,11H,3-5,7-8H2,1-2H3,(H,19,20). The van der Waals surface area contributed by atoms with E-state index in [1.165, 1.54) is 9.47 Å². The van der Waals surface area contributed by atoms with Crippen LogP contribution in [0, 0.1) is 13.8 Å². The zero-order valence-corrected chi connectivity index (χ0v) is 12.2. The molecule has 7 nitrogen and oxygen atoms in total. The predicted molar refractivity (Wildman–Crippen MR) is 75.0 cm³/mol. The number of nitrogens with zero attached hydrogens (tertiary/aromatic N) is 3. The molecule has 7 heteroatoms. The van der Waals surface area contributed by atoms with E-state index in [0.717, 1.165) is 19.3 Å². The van der Waals surface area contributed by atoms with Crippen LogP contribution in [-0.4, -0.2) is 44.0 Å². The highest BCUT2D eigenvalue weighted by Gasteiger charge is 2.30. The van der Waals surface area contributed by atoms with E-state index in [2.05, 4.69) is 4.98 Å². The van der Waals surface area contributed by atoms with Gasteiger partial charge in [0.15, 0.2) is 0 Å². The lowest BCUT2D eigenvalue weighted by Crippen LogP contribution is -2.49. The zero-order chi connectivity index (χ0) is 15.6. The Balaban J connectivity index is 2.18. The molecular formula is C14H19N3O4. The quantitative estimate of drug-likeness (QED) is 0.844. The van der Waals surface area contributed by atoms with Crippen LogP contribution in [0.4, 0.5) is 0 Å². The van der Waals surface area contributed by atoms with Crippen molar-refractivity contribution in [2.45, 2.75) is 45.7 Å². The van der Waals surface area contributed by atoms with Gasteiger partial charge in [0.25, 0.3) is 0 Å². The van der Waals surface area contributed by atoms with Crippen LogP contribution in [0.25, 0.3) is 0 Å². The Bertz CT molecular complexity index is 619. The van der Waals surface area contributed by atoms with Crippen molar-refractivity contribution in [1.29, 1.82) is 0 Å². The smallest absolute Gasteiger partial charge is 0.348 e. The number of carboxylic acids is 1. The van der Waals surface area contributed by atoms with Gasteiger partial charge in [-0.15, -0.1) is 0 Å². The molecule has 0 bridgehead atoms. The maximum Gasteiger partial charge on any atom is 0.348 e. The number of amides is 1. The average Bonchev–Trinajstić information content (AvgIpc) is 2.29. The first-order valence-electron chi connectivity index (χ1n) is 6.95. The molecule has 1 aromatic rings. The number of aromatic nitrogens is 2. The normalized spacial score (nSPS) is 14.6. The Labute approximate surface area is 122 Å². The van der Waals surface area contributed by atoms with Gasteiger partial charge in [-0.2, -0.15) is 4.98 Å². The lowest BCUT2D eigenvalue weighted by Gasteiger charge is -2.36. The van der Waals surface area contributed by atoms with Gasteiger partial charge in [-0.3, -0.25) is 14.2 Å². The Morgan fingerprint density at radius 3 is 2.57 bits per heavy atom. The SMILES string of the molecule is Cc1cc(C)n(CC(=O)N(CC(=O)O)C2CCC2)c(=O)n1. The molecule has 1 aliphatic carbocycles. The van der Waals surface area contributed by atoms with E-state index in [-0.39, 0.29) is 25.0 Å².